The fourth-order valence-electron chi connectivity index (χ4n) is 2.03. The molecule has 16 heavy (non-hydrogen) atoms. The molecule has 1 saturated heterocycles. The number of carbonyl (C=O) groups excluding carboxylic acids is 1. The lowest BCUT2D eigenvalue weighted by Crippen LogP contribution is -2.47. The Balaban J connectivity index is 1.89. The molecule has 0 aliphatic carbocycles. The molecule has 0 radical (unpaired) electrons. The van der Waals surface area contributed by atoms with Crippen LogP contribution in [0.4, 0.5) is 0 Å². The van der Waals surface area contributed by atoms with E-state index >= 15 is 0 Å². The number of carbonyl (C=O) groups is 1. The van der Waals surface area contributed by atoms with Crippen molar-refractivity contribution in [2.24, 2.45) is 5.73 Å². The number of aryl methyl sites for hydroxylation is 1. The smallest absolute Gasteiger partial charge is 0.222 e. The van der Waals surface area contributed by atoms with Crippen LogP contribution in [-0.2, 0) is 11.3 Å². The van der Waals surface area contributed by atoms with Crippen molar-refractivity contribution in [3.63, 3.8) is 0 Å². The highest BCUT2D eigenvalue weighted by atomic mass is 16.2. The van der Waals surface area contributed by atoms with Crippen molar-refractivity contribution in [3.8, 4) is 0 Å². The third-order valence-corrected chi connectivity index (χ3v) is 3.07. The van der Waals surface area contributed by atoms with E-state index in [-0.39, 0.29) is 11.9 Å². The van der Waals surface area contributed by atoms with Gasteiger partial charge in [0.2, 0.25) is 5.91 Å². The SMILES string of the molecule is Cc1nccn1CCN1CC(N)CCC1=O. The molecule has 5 nitrogen and oxygen atoms in total. The number of aromatic nitrogens is 2. The molecule has 2 N–H and O–H groups in total. The van der Waals surface area contributed by atoms with Crippen LogP contribution in [0.5, 0.6) is 0 Å². The Morgan fingerprint density at radius 2 is 2.38 bits per heavy atom. The highest BCUT2D eigenvalue weighted by Gasteiger charge is 2.22. The van der Waals surface area contributed by atoms with E-state index in [1.165, 1.54) is 0 Å². The van der Waals surface area contributed by atoms with E-state index in [2.05, 4.69) is 4.98 Å². The molecule has 1 aliphatic rings. The number of nitrogens with zero attached hydrogens (tertiary/aromatic N) is 3. The molecule has 5 heteroatoms. The van der Waals surface area contributed by atoms with Crippen LogP contribution >= 0.6 is 0 Å². The van der Waals surface area contributed by atoms with Crippen LogP contribution in [0.15, 0.2) is 12.4 Å². The molecule has 1 fully saturated rings. The summed E-state index contributed by atoms with van der Waals surface area (Å²) in [5.74, 6) is 1.20. The number of amides is 1. The van der Waals surface area contributed by atoms with Crippen LogP contribution in [0, 0.1) is 6.92 Å². The normalized spacial score (nSPS) is 21.5. The highest BCUT2D eigenvalue weighted by molar-refractivity contribution is 5.77. The van der Waals surface area contributed by atoms with E-state index < -0.39 is 0 Å². The third-order valence-electron chi connectivity index (χ3n) is 3.07. The van der Waals surface area contributed by atoms with E-state index in [1.54, 1.807) is 6.20 Å². The molecule has 1 aliphatic heterocycles. The molecule has 2 heterocycles. The minimum atomic E-state index is 0.140. The molecule has 0 spiro atoms. The first-order valence-corrected chi connectivity index (χ1v) is 5.68. The molecule has 2 rings (SSSR count). The van der Waals surface area contributed by atoms with Crippen LogP contribution in [0.1, 0.15) is 18.7 Å². The molecule has 1 aromatic heterocycles. The molecule has 1 atom stereocenters. The molecule has 88 valence electrons. The average Bonchev–Trinajstić information content (AvgIpc) is 2.66. The van der Waals surface area contributed by atoms with Gasteiger partial charge in [-0.25, -0.2) is 4.98 Å². The first-order valence-electron chi connectivity index (χ1n) is 5.68. The Morgan fingerprint density at radius 1 is 1.56 bits per heavy atom. The summed E-state index contributed by atoms with van der Waals surface area (Å²) >= 11 is 0. The second-order valence-electron chi connectivity index (χ2n) is 4.31. The Labute approximate surface area is 95.2 Å². The van der Waals surface area contributed by atoms with Gasteiger partial charge in [-0.15, -0.1) is 0 Å². The molecule has 1 amide bonds. The lowest BCUT2D eigenvalue weighted by Gasteiger charge is -2.30. The number of piperidine rings is 1. The van der Waals surface area contributed by atoms with E-state index in [9.17, 15) is 4.79 Å². The minimum Gasteiger partial charge on any atom is -0.339 e. The highest BCUT2D eigenvalue weighted by Crippen LogP contribution is 2.10. The summed E-state index contributed by atoms with van der Waals surface area (Å²) in [4.78, 5) is 17.6. The van der Waals surface area contributed by atoms with Crippen molar-refractivity contribution in [3.05, 3.63) is 18.2 Å². The van der Waals surface area contributed by atoms with Gasteiger partial charge in [-0.1, -0.05) is 0 Å². The Kier molecular flexibility index (Phi) is 3.24. The topological polar surface area (TPSA) is 64.2 Å². The van der Waals surface area contributed by atoms with E-state index in [0.29, 0.717) is 13.0 Å². The van der Waals surface area contributed by atoms with Gasteiger partial charge in [0.25, 0.3) is 0 Å². The van der Waals surface area contributed by atoms with Gasteiger partial charge >= 0.3 is 0 Å². The van der Waals surface area contributed by atoms with E-state index in [0.717, 1.165) is 25.3 Å². The average molecular weight is 222 g/mol. The third kappa shape index (κ3) is 2.41. The Bertz CT molecular complexity index is 374. The second kappa shape index (κ2) is 4.65. The number of nitrogens with two attached hydrogens (primary N) is 1. The van der Waals surface area contributed by atoms with Crippen LogP contribution < -0.4 is 5.73 Å². The quantitative estimate of drug-likeness (QED) is 0.791. The molecular weight excluding hydrogens is 204 g/mol. The summed E-state index contributed by atoms with van der Waals surface area (Å²) in [5, 5.41) is 0. The molecule has 0 aromatic carbocycles. The molecule has 0 bridgehead atoms. The standard InChI is InChI=1S/C11H18N4O/c1-9-13-4-5-14(9)6-7-15-8-10(12)2-3-11(15)16/h4-5,10H,2-3,6-8,12H2,1H3. The number of imidazole rings is 1. The van der Waals surface area contributed by atoms with Crippen molar-refractivity contribution >= 4 is 5.91 Å². The first-order chi connectivity index (χ1) is 7.66. The molecule has 0 saturated carbocycles. The van der Waals surface area contributed by atoms with Gasteiger partial charge in [0, 0.05) is 44.5 Å². The predicted octanol–water partition coefficient (Wildman–Crippen LogP) is 0.141. The zero-order valence-electron chi connectivity index (χ0n) is 9.59. The second-order valence-corrected chi connectivity index (χ2v) is 4.31. The summed E-state index contributed by atoms with van der Waals surface area (Å²) in [5.41, 5.74) is 5.85. The zero-order valence-corrected chi connectivity index (χ0v) is 9.59. The zero-order chi connectivity index (χ0) is 11.5. The number of hydrogen-bond acceptors (Lipinski definition) is 3. The predicted molar refractivity (Wildman–Crippen MR) is 60.8 cm³/mol. The first kappa shape index (κ1) is 11.1. The molecule has 1 unspecified atom stereocenters. The van der Waals surface area contributed by atoms with Gasteiger partial charge in [-0.2, -0.15) is 0 Å². The largest absolute Gasteiger partial charge is 0.339 e. The monoisotopic (exact) mass is 222 g/mol. The maximum atomic E-state index is 11.6. The van der Waals surface area contributed by atoms with Crippen molar-refractivity contribution in [1.29, 1.82) is 0 Å². The van der Waals surface area contributed by atoms with Crippen LogP contribution in [-0.4, -0.2) is 39.5 Å². The lowest BCUT2D eigenvalue weighted by atomic mass is 10.1. The molecular formula is C11H18N4O. The van der Waals surface area contributed by atoms with Crippen molar-refractivity contribution in [1.82, 2.24) is 14.5 Å². The van der Waals surface area contributed by atoms with Crippen LogP contribution in [0.2, 0.25) is 0 Å². The minimum absolute atomic E-state index is 0.140. The van der Waals surface area contributed by atoms with Gasteiger partial charge in [0.15, 0.2) is 0 Å². The lowest BCUT2D eigenvalue weighted by molar-refractivity contribution is -0.133. The van der Waals surface area contributed by atoms with Gasteiger partial charge in [0.05, 0.1) is 0 Å². The van der Waals surface area contributed by atoms with Gasteiger partial charge < -0.3 is 15.2 Å². The fraction of sp³-hybridized carbons (Fsp3) is 0.636. The van der Waals surface area contributed by atoms with E-state index in [1.807, 2.05) is 22.6 Å². The number of hydrogen-bond donors (Lipinski definition) is 1. The number of likely N-dealkylation sites (tertiary alicyclic amines) is 1. The van der Waals surface area contributed by atoms with Crippen LogP contribution in [0.25, 0.3) is 0 Å². The number of rotatable bonds is 3. The summed E-state index contributed by atoms with van der Waals surface area (Å²) in [6, 6.07) is 0.140. The van der Waals surface area contributed by atoms with E-state index in [4.69, 9.17) is 5.73 Å². The van der Waals surface area contributed by atoms with Gasteiger partial charge in [-0.05, 0) is 13.3 Å². The van der Waals surface area contributed by atoms with Gasteiger partial charge in [-0.3, -0.25) is 4.79 Å². The van der Waals surface area contributed by atoms with Crippen molar-refractivity contribution < 1.29 is 4.79 Å². The van der Waals surface area contributed by atoms with Crippen LogP contribution in [0.3, 0.4) is 0 Å². The van der Waals surface area contributed by atoms with Crippen molar-refractivity contribution in [2.75, 3.05) is 13.1 Å². The summed E-state index contributed by atoms with van der Waals surface area (Å²) in [7, 11) is 0. The van der Waals surface area contributed by atoms with Crippen molar-refractivity contribution in [2.45, 2.75) is 32.4 Å². The van der Waals surface area contributed by atoms with Gasteiger partial charge in [0.1, 0.15) is 5.82 Å². The molecule has 1 aromatic rings. The summed E-state index contributed by atoms with van der Waals surface area (Å²) in [6.07, 6.45) is 5.12. The maximum absolute atomic E-state index is 11.6. The fourth-order valence-corrected chi connectivity index (χ4v) is 2.03. The Hall–Kier alpha value is -1.36. The summed E-state index contributed by atoms with van der Waals surface area (Å²) in [6.45, 7) is 4.17. The summed E-state index contributed by atoms with van der Waals surface area (Å²) < 4.78 is 2.05. The maximum Gasteiger partial charge on any atom is 0.222 e. The Morgan fingerprint density at radius 3 is 3.06 bits per heavy atom.